The highest BCUT2D eigenvalue weighted by atomic mass is 19.2. The first-order chi connectivity index (χ1) is 47.1. The van der Waals surface area contributed by atoms with Crippen LogP contribution in [0.2, 0.25) is 0 Å². The molecule has 30 nitrogen and oxygen atoms in total. The van der Waals surface area contributed by atoms with Crippen molar-refractivity contribution in [3.8, 4) is 0 Å². The summed E-state index contributed by atoms with van der Waals surface area (Å²) in [4.78, 5) is 26.6. The molecule has 0 aromatic heterocycles. The molecule has 0 aromatic rings. The van der Waals surface area contributed by atoms with Crippen LogP contribution in [0.4, 0.5) is 22.0 Å². The van der Waals surface area contributed by atoms with E-state index in [0.29, 0.717) is 30.1 Å². The standard InChI is InChI=1S/C14H22FN3O3.C14H20FN3O3.C13H20FN3O3.C13H18FN3O3.C11H14FN3O3/c2*1-3-4-6-14(8-19)12(20)11(15)13(21-14)18-7-5-10(16)17-9(18)2;2*1-7(2)13(6-18)11(19)10(14)12(20-13)17-5-4-9(15)16-8(17)3;1-6-14-7(13)2-3-15(6)10-8(12)9-11(4-16,18-10)5-17-9/h5,7,11-13,19-20H,2-4,6,8H2,1H3,(H2,16,17);4-7,11-13,19-20H,2-3,8H2,1H3,(H2,16,17);4-5,7,10-12,18-19H,3,6H2,1-2H3,(H2,15,16);4-5,10-12,18-19H,1,3,6H2,2H3,(H2,15,16);2-3,8-10,16H,1,4-5H2,(H2,13,14)/b;6-4+;;;/t2*11-,12+,13-,14-;2*10-,11+,12-,13+;8-,9+,10-,11+/m11111/s1. The highest BCUT2D eigenvalue weighted by Gasteiger charge is 2.65. The number of halogens is 5. The first kappa shape index (κ1) is 79.6. The molecule has 554 valence electrons. The fourth-order valence-corrected chi connectivity index (χ4v) is 12.2. The van der Waals surface area contributed by atoms with Gasteiger partial charge in [-0.1, -0.05) is 92.2 Å². The molecule has 0 aliphatic carbocycles. The van der Waals surface area contributed by atoms with Crippen molar-refractivity contribution in [3.05, 3.63) is 148 Å². The summed E-state index contributed by atoms with van der Waals surface area (Å²) in [5.74, 6) is 2.24. The summed E-state index contributed by atoms with van der Waals surface area (Å²) in [5, 5.41) is 87.9. The third kappa shape index (κ3) is 15.5. The average molecular weight is 1420 g/mol. The van der Waals surface area contributed by atoms with Crippen molar-refractivity contribution >= 4 is 29.2 Å². The maximum absolute atomic E-state index is 14.5. The van der Waals surface area contributed by atoms with Crippen LogP contribution < -0.4 is 28.7 Å². The minimum Gasteiger partial charge on any atom is -0.393 e. The van der Waals surface area contributed by atoms with E-state index in [1.807, 2.05) is 13.8 Å². The third-order valence-corrected chi connectivity index (χ3v) is 18.4. The molecule has 0 unspecified atom stereocenters. The number of unbranched alkanes of at least 4 members (excludes halogenated alkanes) is 1. The van der Waals surface area contributed by atoms with Gasteiger partial charge in [0, 0.05) is 31.0 Å². The zero-order chi connectivity index (χ0) is 74.3. The quantitative estimate of drug-likeness (QED) is 0.0699. The first-order valence-electron chi connectivity index (χ1n) is 31.9. The van der Waals surface area contributed by atoms with Gasteiger partial charge in [-0.3, -0.25) is 0 Å². The molecule has 35 heteroatoms. The number of allylic oxidation sites excluding steroid dienone is 1. The lowest BCUT2D eigenvalue weighted by atomic mass is 9.85. The normalized spacial score (nSPS) is 37.9. The molecular formula is C65H94F5N15O15. The highest BCUT2D eigenvalue weighted by Crippen LogP contribution is 2.47. The van der Waals surface area contributed by atoms with Gasteiger partial charge in [-0.2, -0.15) is 0 Å². The summed E-state index contributed by atoms with van der Waals surface area (Å²) in [6, 6.07) is 0. The molecular weight excluding hydrogens is 1330 g/mol. The van der Waals surface area contributed by atoms with Crippen LogP contribution in [0, 0.1) is 5.92 Å². The molecule has 100 heavy (non-hydrogen) atoms. The van der Waals surface area contributed by atoms with Crippen molar-refractivity contribution in [3.63, 3.8) is 0 Å². The number of fused-ring (bicyclic) bond motifs is 1. The Bertz CT molecular complexity index is 3390. The van der Waals surface area contributed by atoms with Crippen molar-refractivity contribution in [1.82, 2.24) is 24.5 Å². The average Bonchev–Trinajstić information content (AvgIpc) is 1.59. The van der Waals surface area contributed by atoms with E-state index in [1.165, 1.54) is 85.8 Å². The lowest BCUT2D eigenvalue weighted by Gasteiger charge is -2.41. The molecule has 11 heterocycles. The smallest absolute Gasteiger partial charge is 0.174 e. The van der Waals surface area contributed by atoms with E-state index in [-0.39, 0.29) is 65.8 Å². The second kappa shape index (κ2) is 32.5. The fourth-order valence-electron chi connectivity index (χ4n) is 12.2. The summed E-state index contributed by atoms with van der Waals surface area (Å²) < 4.78 is 105. The monoisotopic (exact) mass is 1420 g/mol. The summed E-state index contributed by atoms with van der Waals surface area (Å²) >= 11 is 0. The molecule has 0 spiro atoms. The number of alkyl halides is 5. The number of hydrogen-bond acceptors (Lipinski definition) is 30. The minimum absolute atomic E-state index is 0.195. The Morgan fingerprint density at radius 2 is 0.920 bits per heavy atom. The number of aliphatic hydroxyl groups excluding tert-OH is 9. The Labute approximate surface area is 575 Å². The van der Waals surface area contributed by atoms with Crippen molar-refractivity contribution in [2.45, 2.75) is 181 Å². The van der Waals surface area contributed by atoms with Gasteiger partial charge < -0.3 is 128 Å². The first-order valence-corrected chi connectivity index (χ1v) is 31.9. The number of hydrogen-bond donors (Lipinski definition) is 14. The molecule has 0 radical (unpaired) electrons. The van der Waals surface area contributed by atoms with Crippen LogP contribution >= 0.6 is 0 Å². The predicted molar refractivity (Wildman–Crippen MR) is 359 cm³/mol. The summed E-state index contributed by atoms with van der Waals surface area (Å²) in [6.07, 6.45) is 0.717. The Morgan fingerprint density at radius 1 is 0.530 bits per heavy atom. The van der Waals surface area contributed by atoms with Crippen LogP contribution in [-0.2, 0) is 28.4 Å². The van der Waals surface area contributed by atoms with Crippen LogP contribution in [0.3, 0.4) is 0 Å². The second-order valence-corrected chi connectivity index (χ2v) is 25.2. The number of aliphatic hydroxyl groups is 9. The Hall–Kier alpha value is -7.72. The van der Waals surface area contributed by atoms with Crippen molar-refractivity contribution in [2.24, 2.45) is 59.5 Å². The van der Waals surface area contributed by atoms with Gasteiger partial charge in [0.05, 0.1) is 39.6 Å². The molecule has 0 aromatic carbocycles. The number of rotatable bonds is 17. The van der Waals surface area contributed by atoms with E-state index in [0.717, 1.165) is 12.8 Å². The Balaban J connectivity index is 0.000000176. The molecule has 11 aliphatic heterocycles. The van der Waals surface area contributed by atoms with E-state index >= 15 is 0 Å². The molecule has 11 rings (SSSR count). The summed E-state index contributed by atoms with van der Waals surface area (Å²) in [7, 11) is 0. The van der Waals surface area contributed by atoms with E-state index in [9.17, 15) is 67.9 Å². The lowest BCUT2D eigenvalue weighted by Crippen LogP contribution is -2.60. The van der Waals surface area contributed by atoms with Gasteiger partial charge in [0.2, 0.25) is 0 Å². The number of nitrogens with two attached hydrogens (primary N) is 5. The predicted octanol–water partition coefficient (Wildman–Crippen LogP) is 0.579. The molecule has 0 saturated carbocycles. The highest BCUT2D eigenvalue weighted by molar-refractivity contribution is 5.94. The van der Waals surface area contributed by atoms with Gasteiger partial charge in [-0.05, 0) is 61.6 Å². The molecule has 20 atom stereocenters. The van der Waals surface area contributed by atoms with Gasteiger partial charge in [0.1, 0.15) is 117 Å². The van der Waals surface area contributed by atoms with Crippen LogP contribution in [-0.4, -0.2) is 260 Å². The summed E-state index contributed by atoms with van der Waals surface area (Å²) in [5.41, 5.74) is 21.4. The number of ether oxygens (including phenoxy) is 6. The van der Waals surface area contributed by atoms with Crippen molar-refractivity contribution in [2.75, 3.05) is 39.6 Å². The number of nitrogens with zero attached hydrogens (tertiary/aromatic N) is 10. The topological polar surface area (TPSA) is 446 Å². The number of aliphatic imine (C=N–C) groups is 5. The molecule has 6 fully saturated rings. The summed E-state index contributed by atoms with van der Waals surface area (Å²) in [6.45, 7) is 28.9. The maximum Gasteiger partial charge on any atom is 0.174 e. The van der Waals surface area contributed by atoms with E-state index in [4.69, 9.17) is 57.1 Å². The molecule has 19 N–H and O–H groups in total. The zero-order valence-corrected chi connectivity index (χ0v) is 56.2. The SMILES string of the molecule is C=C1N=C(N)C=CN1[C@@H]1O[C@@](CO)(C(=C)C)[C@@H](O)[C@H]1F.C=C1N=C(N)C=CN1[C@@H]1O[C@@](CO)(C(C)C)[C@@H](O)[C@H]1F.C=C1N=C(N)C=CN1[C@@H]1O[C@@](CO)(CCCC)[C@@H](O)[C@H]1F.C=C1N=C(N)C=CN1[C@@H]1O[C@@]2(CO)CO[C@H]2[C@H]1F.C=C1N=C(N)C=CN1[C@@H]1O[C@](/C=C/CC)(CO)[C@@H](O)[C@H]1F. The van der Waals surface area contributed by atoms with Crippen molar-refractivity contribution < 1.29 is 96.3 Å². The molecule has 0 amide bonds. The van der Waals surface area contributed by atoms with Crippen LogP contribution in [0.15, 0.2) is 173 Å². The second-order valence-electron chi connectivity index (χ2n) is 25.2. The van der Waals surface area contributed by atoms with Crippen LogP contribution in [0.1, 0.15) is 60.3 Å². The van der Waals surface area contributed by atoms with E-state index in [2.05, 4.69) is 64.4 Å². The third-order valence-electron chi connectivity index (χ3n) is 18.4. The van der Waals surface area contributed by atoms with Gasteiger partial charge in [-0.15, -0.1) is 0 Å². The lowest BCUT2D eigenvalue weighted by molar-refractivity contribution is -0.245. The largest absolute Gasteiger partial charge is 0.393 e. The van der Waals surface area contributed by atoms with Gasteiger partial charge >= 0.3 is 0 Å². The molecule has 11 aliphatic rings. The van der Waals surface area contributed by atoms with Crippen LogP contribution in [0.25, 0.3) is 0 Å². The van der Waals surface area contributed by atoms with Crippen molar-refractivity contribution in [1.29, 1.82) is 0 Å². The Kier molecular flexibility index (Phi) is 25.9. The maximum atomic E-state index is 14.5. The van der Waals surface area contributed by atoms with Gasteiger partial charge in [-0.25, -0.2) is 46.9 Å². The molecule has 0 bridgehead atoms. The minimum atomic E-state index is -1.75. The van der Waals surface area contributed by atoms with Gasteiger partial charge in [0.15, 0.2) is 62.0 Å². The van der Waals surface area contributed by atoms with Gasteiger partial charge in [0.25, 0.3) is 0 Å². The van der Waals surface area contributed by atoms with Crippen LogP contribution in [0.5, 0.6) is 0 Å². The van der Waals surface area contributed by atoms with E-state index < -0.39 is 147 Å². The fraction of sp³-hybridized carbons (Fsp3) is 0.554. The Morgan fingerprint density at radius 3 is 1.23 bits per heavy atom. The molecule has 6 saturated heterocycles. The number of amidine groups is 5. The van der Waals surface area contributed by atoms with E-state index in [1.54, 1.807) is 33.0 Å². The zero-order valence-electron chi connectivity index (χ0n) is 56.2.